The Bertz CT molecular complexity index is 185. The van der Waals surface area contributed by atoms with E-state index < -0.39 is 8.95 Å². The Hall–Kier alpha value is -0.250. The van der Waals surface area contributed by atoms with Gasteiger partial charge in [-0.1, -0.05) is 16.0 Å². The fraction of sp³-hybridized carbons (Fsp3) is 0. The van der Waals surface area contributed by atoms with E-state index in [0.717, 1.165) is 0 Å². The van der Waals surface area contributed by atoms with Crippen molar-refractivity contribution in [2.75, 3.05) is 0 Å². The Morgan fingerprint density at radius 3 is 2.43 bits per heavy atom. The van der Waals surface area contributed by atoms with Gasteiger partial charge in [0.25, 0.3) is 0 Å². The highest BCUT2D eigenvalue weighted by atomic mass is 33.1. The maximum absolute atomic E-state index is 10.0. The first-order chi connectivity index (χ1) is 3.06. The number of hydrogen-bond acceptors (Lipinski definition) is 3. The highest BCUT2D eigenvalue weighted by Crippen LogP contribution is 1.86. The van der Waals surface area contributed by atoms with Crippen LogP contribution in [0.15, 0.2) is 4.36 Å². The molecule has 2 N–H and O–H groups in total. The zero-order valence-electron chi connectivity index (χ0n) is 3.24. The van der Waals surface area contributed by atoms with Crippen LogP contribution in [0.2, 0.25) is 0 Å². The van der Waals surface area contributed by atoms with Gasteiger partial charge in [-0.15, -0.1) is 0 Å². The largest absolute Gasteiger partial charge is 0.236 e. The molecule has 0 amide bonds. The summed E-state index contributed by atoms with van der Waals surface area (Å²) in [7, 11) is -2.97. The van der Waals surface area contributed by atoms with Gasteiger partial charge >= 0.3 is 0 Å². The topological polar surface area (TPSA) is 79.2 Å². The van der Waals surface area contributed by atoms with Gasteiger partial charge in [-0.05, 0) is 0 Å². The van der Waals surface area contributed by atoms with E-state index >= 15 is 0 Å². The lowest BCUT2D eigenvalue weighted by molar-refractivity contribution is 0.687. The van der Waals surface area contributed by atoms with Gasteiger partial charge in [0.15, 0.2) is 8.95 Å². The Balaban J connectivity index is 4.43. The van der Waals surface area contributed by atoms with Crippen molar-refractivity contribution in [3.63, 3.8) is 0 Å². The number of thiol groups is 1. The van der Waals surface area contributed by atoms with Crippen molar-refractivity contribution in [3.8, 4) is 6.19 Å². The summed E-state index contributed by atoms with van der Waals surface area (Å²) in [6, 6.07) is 0. The van der Waals surface area contributed by atoms with Crippen molar-refractivity contribution < 1.29 is 4.21 Å². The van der Waals surface area contributed by atoms with Crippen molar-refractivity contribution in [1.82, 2.24) is 0 Å². The molecule has 0 saturated carbocycles. The van der Waals surface area contributed by atoms with E-state index in [4.69, 9.17) is 5.26 Å². The average Bonchev–Trinajstić information content (AvgIpc) is 1.30. The molecule has 0 aromatic heterocycles. The maximum Gasteiger partial charge on any atom is 0.216 e. The maximum atomic E-state index is 10.0. The fourth-order valence-electron chi connectivity index (χ4n) is 0.0585. The third-order valence-corrected chi connectivity index (χ3v) is 0.760. The number of rotatable bonds is 0. The van der Waals surface area contributed by atoms with Crippen LogP contribution in [0.1, 0.15) is 0 Å². The van der Waals surface area contributed by atoms with Crippen LogP contribution in [-0.2, 0) is 8.95 Å². The minimum absolute atomic E-state index is 1.26. The molecule has 4 nitrogen and oxygen atoms in total. The highest BCUT2D eigenvalue weighted by Gasteiger charge is 1.83. The zero-order valence-corrected chi connectivity index (χ0v) is 4.95. The lowest BCUT2D eigenvalue weighted by Gasteiger charge is -1.80. The molecule has 0 heterocycles. The summed E-state index contributed by atoms with van der Waals surface area (Å²) in [6.45, 7) is 0. The van der Waals surface area contributed by atoms with E-state index in [9.17, 15) is 4.21 Å². The molecule has 0 fully saturated rings. The molecule has 0 aromatic rings. The fourth-order valence-corrected chi connectivity index (χ4v) is 0.285. The molecule has 7 heavy (non-hydrogen) atoms. The van der Waals surface area contributed by atoms with Gasteiger partial charge in [0.05, 0.1) is 0 Å². The van der Waals surface area contributed by atoms with Crippen LogP contribution in [0.5, 0.6) is 0 Å². The molecule has 0 aliphatic rings. The predicted molar refractivity (Wildman–Crippen MR) is 29.4 cm³/mol. The molecule has 0 rings (SSSR count). The van der Waals surface area contributed by atoms with E-state index in [0.29, 0.717) is 0 Å². The first kappa shape index (κ1) is 6.75. The summed E-state index contributed by atoms with van der Waals surface area (Å²) < 4.78 is 12.8. The Kier molecular flexibility index (Phi) is 2.08. The first-order valence-corrected chi connectivity index (χ1v) is 3.85. The molecule has 0 saturated heterocycles. The molecule has 40 valence electrons. The molecule has 0 aromatic carbocycles. The standard InChI is InChI=1S/CH3N3OS2/c2-1-4-7(3,5)6/h(H3,3,4,5,6). The summed E-state index contributed by atoms with van der Waals surface area (Å²) in [6.07, 6.45) is 1.26. The molecule has 0 aliphatic carbocycles. The second-order valence-electron chi connectivity index (χ2n) is 0.729. The molecule has 0 radical (unpaired) electrons. The quantitative estimate of drug-likeness (QED) is 0.272. The van der Waals surface area contributed by atoms with E-state index in [1.807, 2.05) is 0 Å². The summed E-state index contributed by atoms with van der Waals surface area (Å²) in [5.41, 5.74) is 0. The number of nitrogens with zero attached hydrogens (tertiary/aromatic N) is 2. The van der Waals surface area contributed by atoms with Crippen LogP contribution in [-0.4, -0.2) is 4.21 Å². The van der Waals surface area contributed by atoms with Gasteiger partial charge in [-0.3, -0.25) is 0 Å². The minimum atomic E-state index is -2.97. The smallest absolute Gasteiger partial charge is 0.216 e. The molecule has 1 atom stereocenters. The molecule has 0 aliphatic heterocycles. The van der Waals surface area contributed by atoms with Gasteiger partial charge in [0.1, 0.15) is 0 Å². The summed E-state index contributed by atoms with van der Waals surface area (Å²) in [5.74, 6) is 0. The van der Waals surface area contributed by atoms with Crippen LogP contribution in [0, 0.1) is 11.5 Å². The third-order valence-electron chi connectivity index (χ3n) is 0.172. The average molecular weight is 137 g/mol. The third kappa shape index (κ3) is 5.75. The van der Waals surface area contributed by atoms with Gasteiger partial charge in [-0.2, -0.15) is 5.26 Å². The minimum Gasteiger partial charge on any atom is -0.236 e. The lowest BCUT2D eigenvalue weighted by Crippen LogP contribution is -2.00. The molecule has 1 unspecified atom stereocenters. The number of nitriles is 1. The van der Waals surface area contributed by atoms with Crippen molar-refractivity contribution in [3.05, 3.63) is 0 Å². The summed E-state index contributed by atoms with van der Waals surface area (Å²) in [5, 5.41) is 12.3. The normalized spacial score (nSPS) is 16.7. The second kappa shape index (κ2) is 2.16. The van der Waals surface area contributed by atoms with Crippen molar-refractivity contribution in [1.29, 1.82) is 5.26 Å². The highest BCUT2D eigenvalue weighted by molar-refractivity contribution is 8.63. The SMILES string of the molecule is N#CN=S(N)(=O)S. The molecule has 0 bridgehead atoms. The summed E-state index contributed by atoms with van der Waals surface area (Å²) in [4.78, 5) is 0. The zero-order chi connectivity index (χ0) is 5.91. The summed E-state index contributed by atoms with van der Waals surface area (Å²) >= 11 is 3.25. The van der Waals surface area contributed by atoms with Crippen molar-refractivity contribution in [2.45, 2.75) is 0 Å². The van der Waals surface area contributed by atoms with Crippen LogP contribution in [0.3, 0.4) is 0 Å². The van der Waals surface area contributed by atoms with Gasteiger partial charge in [-0.25, -0.2) is 9.35 Å². The van der Waals surface area contributed by atoms with Gasteiger partial charge < -0.3 is 0 Å². The Labute approximate surface area is 46.4 Å². The van der Waals surface area contributed by atoms with E-state index in [1.165, 1.54) is 6.19 Å². The van der Waals surface area contributed by atoms with Crippen molar-refractivity contribution in [2.24, 2.45) is 9.50 Å². The predicted octanol–water partition coefficient (Wildman–Crippen LogP) is -0.346. The monoisotopic (exact) mass is 137 g/mol. The molecular weight excluding hydrogens is 134 g/mol. The molecular formula is CH3N3OS2. The van der Waals surface area contributed by atoms with Crippen LogP contribution >= 0.6 is 11.7 Å². The second-order valence-corrected chi connectivity index (χ2v) is 3.56. The Morgan fingerprint density at radius 2 is 2.43 bits per heavy atom. The van der Waals surface area contributed by atoms with Gasteiger partial charge in [0, 0.05) is 0 Å². The van der Waals surface area contributed by atoms with Crippen molar-refractivity contribution >= 4 is 20.6 Å². The van der Waals surface area contributed by atoms with Crippen LogP contribution < -0.4 is 5.14 Å². The first-order valence-electron chi connectivity index (χ1n) is 1.21. The number of hydrogen-bond donors (Lipinski definition) is 2. The van der Waals surface area contributed by atoms with Gasteiger partial charge in [0.2, 0.25) is 6.19 Å². The molecule has 0 spiro atoms. The van der Waals surface area contributed by atoms with Crippen LogP contribution in [0.25, 0.3) is 0 Å². The molecule has 6 heteroatoms. The van der Waals surface area contributed by atoms with E-state index in [-0.39, 0.29) is 0 Å². The number of nitrogens with two attached hydrogens (primary N) is 1. The van der Waals surface area contributed by atoms with E-state index in [2.05, 4.69) is 21.2 Å². The van der Waals surface area contributed by atoms with E-state index in [1.54, 1.807) is 0 Å². The Morgan fingerprint density at radius 1 is 2.00 bits per heavy atom. The lowest BCUT2D eigenvalue weighted by atomic mass is 11.5. The van der Waals surface area contributed by atoms with Crippen LogP contribution in [0.4, 0.5) is 0 Å².